The zero-order valence-corrected chi connectivity index (χ0v) is 10.2. The molecule has 2 aromatic carbocycles. The lowest BCUT2D eigenvalue weighted by Gasteiger charge is -2.12. The Hall–Kier alpha value is -1.99. The lowest BCUT2D eigenvalue weighted by atomic mass is 10.2. The minimum Gasteiger partial charge on any atom is -0.244 e. The molecule has 0 aliphatic carbocycles. The molecule has 0 amide bonds. The molecule has 0 bridgehead atoms. The van der Waals surface area contributed by atoms with Crippen molar-refractivity contribution in [2.45, 2.75) is 0 Å². The van der Waals surface area contributed by atoms with Crippen LogP contribution in [0.4, 0.5) is 0 Å². The third-order valence-electron chi connectivity index (χ3n) is 2.51. The Labute approximate surface area is 109 Å². The molecule has 0 aliphatic rings. The van der Waals surface area contributed by atoms with Gasteiger partial charge in [-0.15, -0.1) is 0 Å². The molecule has 1 aromatic heterocycles. The van der Waals surface area contributed by atoms with Gasteiger partial charge in [0.15, 0.2) is 0 Å². The van der Waals surface area contributed by atoms with Crippen LogP contribution in [0.15, 0.2) is 42.5 Å². The molecule has 96 valence electrons. The van der Waals surface area contributed by atoms with Crippen LogP contribution in [0.5, 0.6) is 5.75 Å². The van der Waals surface area contributed by atoms with E-state index < -0.39 is 10.2 Å². The molecule has 0 saturated carbocycles. The first kappa shape index (κ1) is 12.1. The first-order chi connectivity index (χ1) is 9.03. The van der Waals surface area contributed by atoms with Crippen LogP contribution in [0.2, 0.25) is 0 Å². The summed E-state index contributed by atoms with van der Waals surface area (Å²) < 4.78 is 36.3. The number of aromatic nitrogens is 2. The van der Waals surface area contributed by atoms with Crippen molar-refractivity contribution >= 4 is 22.1 Å². The monoisotopic (exact) mass is 278 g/mol. The van der Waals surface area contributed by atoms with Crippen molar-refractivity contribution in [1.29, 1.82) is 0 Å². The standard InChI is InChI=1S/C12H7ClN2O4/c16-13(17,18)19-11-7-3-6-10-12(11)15-9-5-2-1-4-8(9)14-10/h1-7H. The SMILES string of the molecule is [O-][Cl+3]([O-])([O-])Oc1cccc2nc3ccccc3nc12. The van der Waals surface area contributed by atoms with Crippen molar-refractivity contribution in [3.8, 4) is 5.75 Å². The Kier molecular flexibility index (Phi) is 2.72. The van der Waals surface area contributed by atoms with Gasteiger partial charge in [0.25, 0.3) is 0 Å². The van der Waals surface area contributed by atoms with Crippen LogP contribution >= 0.6 is 0 Å². The van der Waals surface area contributed by atoms with Crippen molar-refractivity contribution in [3.05, 3.63) is 42.5 Å². The molecule has 0 atom stereocenters. The van der Waals surface area contributed by atoms with Crippen molar-refractivity contribution in [2.24, 2.45) is 0 Å². The van der Waals surface area contributed by atoms with E-state index in [1.807, 2.05) is 6.07 Å². The van der Waals surface area contributed by atoms with Crippen LogP contribution in [0.3, 0.4) is 0 Å². The van der Waals surface area contributed by atoms with E-state index in [2.05, 4.69) is 14.3 Å². The normalized spacial score (nSPS) is 11.9. The maximum atomic E-state index is 10.7. The molecule has 7 heteroatoms. The smallest absolute Gasteiger partial charge is 0.244 e. The summed E-state index contributed by atoms with van der Waals surface area (Å²) in [5.41, 5.74) is 1.95. The number of benzene rings is 2. The van der Waals surface area contributed by atoms with Crippen LogP contribution in [0.1, 0.15) is 0 Å². The largest absolute Gasteiger partial charge is 0.315 e. The summed E-state index contributed by atoms with van der Waals surface area (Å²) in [5, 5.41) is 0. The zero-order valence-electron chi connectivity index (χ0n) is 9.45. The highest BCUT2D eigenvalue weighted by Gasteiger charge is 2.22. The van der Waals surface area contributed by atoms with E-state index in [1.54, 1.807) is 30.3 Å². The van der Waals surface area contributed by atoms with Gasteiger partial charge >= 0.3 is 5.75 Å². The first-order valence-corrected chi connectivity index (χ1v) is 6.52. The molecular weight excluding hydrogens is 272 g/mol. The lowest BCUT2D eigenvalue weighted by Crippen LogP contribution is -2.63. The molecule has 19 heavy (non-hydrogen) atoms. The highest BCUT2D eigenvalue weighted by Crippen LogP contribution is 2.25. The second-order valence-electron chi connectivity index (χ2n) is 3.79. The Morgan fingerprint density at radius 3 is 2.11 bits per heavy atom. The fourth-order valence-corrected chi connectivity index (χ4v) is 2.11. The fourth-order valence-electron chi connectivity index (χ4n) is 1.78. The molecule has 0 saturated heterocycles. The molecule has 3 rings (SSSR count). The Bertz CT molecular complexity index is 757. The summed E-state index contributed by atoms with van der Waals surface area (Å²) in [6, 6.07) is 11.7. The average Bonchev–Trinajstić information content (AvgIpc) is 2.35. The zero-order chi connectivity index (χ0) is 13.5. The van der Waals surface area contributed by atoms with E-state index in [4.69, 9.17) is 0 Å². The molecule has 1 heterocycles. The van der Waals surface area contributed by atoms with E-state index in [9.17, 15) is 14.0 Å². The number of fused-ring (bicyclic) bond motifs is 2. The fraction of sp³-hybridized carbons (Fsp3) is 0. The van der Waals surface area contributed by atoms with Gasteiger partial charge in [-0.2, -0.15) is 14.0 Å². The van der Waals surface area contributed by atoms with Crippen molar-refractivity contribution in [3.63, 3.8) is 0 Å². The number of halogens is 1. The summed E-state index contributed by atoms with van der Waals surface area (Å²) in [7, 11) is -4.56. The summed E-state index contributed by atoms with van der Waals surface area (Å²) in [6.45, 7) is 0. The van der Waals surface area contributed by atoms with Gasteiger partial charge in [0, 0.05) is 0 Å². The summed E-state index contributed by atoms with van der Waals surface area (Å²) in [4.78, 5) is 8.59. The molecule has 0 N–H and O–H groups in total. The third kappa shape index (κ3) is 2.42. The van der Waals surface area contributed by atoms with Crippen LogP contribution in [-0.2, 0) is 0 Å². The highest BCUT2D eigenvalue weighted by molar-refractivity contribution is 5.89. The molecule has 0 aliphatic heterocycles. The van der Waals surface area contributed by atoms with Crippen LogP contribution in [-0.4, -0.2) is 9.97 Å². The number of hydrogen-bond acceptors (Lipinski definition) is 6. The second kappa shape index (κ2) is 4.29. The van der Waals surface area contributed by atoms with Gasteiger partial charge in [0.1, 0.15) is 15.8 Å². The quantitative estimate of drug-likeness (QED) is 0.560. The van der Waals surface area contributed by atoms with E-state index in [-0.39, 0.29) is 11.3 Å². The van der Waals surface area contributed by atoms with Gasteiger partial charge in [-0.1, -0.05) is 22.5 Å². The predicted molar refractivity (Wildman–Crippen MR) is 57.7 cm³/mol. The minimum absolute atomic E-state index is 0.132. The summed E-state index contributed by atoms with van der Waals surface area (Å²) >= 11 is 0. The van der Waals surface area contributed by atoms with E-state index in [1.165, 1.54) is 6.07 Å². The van der Waals surface area contributed by atoms with E-state index in [0.29, 0.717) is 16.6 Å². The van der Waals surface area contributed by atoms with Gasteiger partial charge in [0.05, 0.1) is 16.6 Å². The number of rotatable bonds is 2. The Morgan fingerprint density at radius 1 is 0.789 bits per heavy atom. The number of hydrogen-bond donors (Lipinski definition) is 0. The molecule has 0 fully saturated rings. The van der Waals surface area contributed by atoms with Gasteiger partial charge < -0.3 is 0 Å². The molecule has 0 radical (unpaired) electrons. The predicted octanol–water partition coefficient (Wildman–Crippen LogP) is -0.941. The van der Waals surface area contributed by atoms with Gasteiger partial charge in [-0.05, 0) is 24.3 Å². The van der Waals surface area contributed by atoms with Crippen molar-refractivity contribution < 1.29 is 28.5 Å². The lowest BCUT2D eigenvalue weighted by molar-refractivity contribution is -1.91. The van der Waals surface area contributed by atoms with Crippen LogP contribution in [0, 0.1) is 10.2 Å². The molecule has 0 unspecified atom stereocenters. The van der Waals surface area contributed by atoms with Crippen molar-refractivity contribution in [1.82, 2.24) is 9.97 Å². The Balaban J connectivity index is 2.26. The van der Waals surface area contributed by atoms with Crippen LogP contribution in [0.25, 0.3) is 22.1 Å². The van der Waals surface area contributed by atoms with Crippen LogP contribution < -0.4 is 18.3 Å². The van der Waals surface area contributed by atoms with Gasteiger partial charge in [0.2, 0.25) is 0 Å². The van der Waals surface area contributed by atoms with Crippen molar-refractivity contribution in [2.75, 3.05) is 0 Å². The second-order valence-corrected chi connectivity index (χ2v) is 4.70. The number of nitrogens with zero attached hydrogens (tertiary/aromatic N) is 2. The topological polar surface area (TPSA) is 104 Å². The summed E-state index contributed by atoms with van der Waals surface area (Å²) in [5.74, 6) is -0.132. The number of para-hydroxylation sites is 3. The van der Waals surface area contributed by atoms with Gasteiger partial charge in [-0.3, -0.25) is 0 Å². The maximum Gasteiger partial charge on any atom is 0.315 e. The Morgan fingerprint density at radius 2 is 1.42 bits per heavy atom. The minimum atomic E-state index is -4.56. The van der Waals surface area contributed by atoms with E-state index in [0.717, 1.165) is 0 Å². The average molecular weight is 279 g/mol. The molecule has 3 aromatic rings. The molecular formula is C12H7ClN2O4. The molecule has 0 spiro atoms. The highest BCUT2D eigenvalue weighted by atomic mass is 35.7. The summed E-state index contributed by atoms with van der Waals surface area (Å²) in [6.07, 6.45) is 0. The maximum absolute atomic E-state index is 10.7. The molecule has 6 nitrogen and oxygen atoms in total. The van der Waals surface area contributed by atoms with E-state index >= 15 is 0 Å². The van der Waals surface area contributed by atoms with Gasteiger partial charge in [-0.25, -0.2) is 9.97 Å². The third-order valence-corrected chi connectivity index (χ3v) is 2.87. The first-order valence-electron chi connectivity index (χ1n) is 5.29.